The van der Waals surface area contributed by atoms with E-state index in [4.69, 9.17) is 4.74 Å². The van der Waals surface area contributed by atoms with Crippen LogP contribution in [0.25, 0.3) is 0 Å². The number of likely N-dealkylation sites (N-methyl/N-ethyl adjacent to an activating group) is 1. The molecule has 2 N–H and O–H groups in total. The van der Waals surface area contributed by atoms with Gasteiger partial charge in [-0.25, -0.2) is 9.59 Å². The number of benzene rings is 2. The molecule has 0 saturated carbocycles. The van der Waals surface area contributed by atoms with Crippen LogP contribution in [0.3, 0.4) is 0 Å². The van der Waals surface area contributed by atoms with Crippen molar-refractivity contribution in [1.29, 1.82) is 0 Å². The van der Waals surface area contributed by atoms with Gasteiger partial charge in [-0.2, -0.15) is 0 Å². The number of nitrogens with one attached hydrogen (secondary N) is 2. The van der Waals surface area contributed by atoms with Crippen LogP contribution in [-0.2, 0) is 11.2 Å². The number of anilines is 2. The average Bonchev–Trinajstić information content (AvgIpc) is 2.74. The molecule has 2 aromatic rings. The third kappa shape index (κ3) is 5.48. The van der Waals surface area contributed by atoms with Crippen molar-refractivity contribution in [3.8, 4) is 0 Å². The number of hydrogen-bond donors (Lipinski definition) is 2. The summed E-state index contributed by atoms with van der Waals surface area (Å²) in [5, 5.41) is 5.77. The summed E-state index contributed by atoms with van der Waals surface area (Å²) in [6.07, 6.45) is 1.59. The van der Waals surface area contributed by atoms with E-state index >= 15 is 0 Å². The predicted molar refractivity (Wildman–Crippen MR) is 114 cm³/mol. The zero-order valence-electron chi connectivity index (χ0n) is 16.9. The van der Waals surface area contributed by atoms with Gasteiger partial charge in [-0.1, -0.05) is 36.4 Å². The highest BCUT2D eigenvalue weighted by molar-refractivity contribution is 5.94. The van der Waals surface area contributed by atoms with Crippen LogP contribution in [0.1, 0.15) is 12.0 Å². The second kappa shape index (κ2) is 9.93. The number of carbonyl (C=O) groups excluding carboxylic acids is 2. The Morgan fingerprint density at radius 2 is 2.03 bits per heavy atom. The lowest BCUT2D eigenvalue weighted by atomic mass is 10.1. The van der Waals surface area contributed by atoms with E-state index in [-0.39, 0.29) is 18.1 Å². The molecule has 0 bridgehead atoms. The first-order valence-corrected chi connectivity index (χ1v) is 9.80. The Hall–Kier alpha value is -3.06. The van der Waals surface area contributed by atoms with E-state index in [1.165, 1.54) is 0 Å². The fraction of sp³-hybridized carbons (Fsp3) is 0.364. The third-order valence-electron chi connectivity index (χ3n) is 5.03. The lowest BCUT2D eigenvalue weighted by Crippen LogP contribution is -2.46. The fourth-order valence-corrected chi connectivity index (χ4v) is 3.39. The maximum Gasteiger partial charge on any atom is 0.321 e. The van der Waals surface area contributed by atoms with Gasteiger partial charge in [-0.15, -0.1) is 0 Å². The van der Waals surface area contributed by atoms with Crippen LogP contribution in [0.15, 0.2) is 54.6 Å². The maximum atomic E-state index is 12.8. The number of methoxy groups -OCH3 is 1. The van der Waals surface area contributed by atoms with Gasteiger partial charge in [0.2, 0.25) is 0 Å². The molecule has 1 aliphatic rings. The number of hydrogen-bond acceptors (Lipinski definition) is 3. The highest BCUT2D eigenvalue weighted by Crippen LogP contribution is 2.22. The van der Waals surface area contributed by atoms with Crippen molar-refractivity contribution in [2.24, 2.45) is 0 Å². The smallest absolute Gasteiger partial charge is 0.321 e. The van der Waals surface area contributed by atoms with E-state index in [2.05, 4.69) is 10.6 Å². The quantitative estimate of drug-likeness (QED) is 0.754. The molecular weight excluding hydrogens is 368 g/mol. The van der Waals surface area contributed by atoms with E-state index in [0.29, 0.717) is 31.8 Å². The van der Waals surface area contributed by atoms with Crippen LogP contribution in [-0.4, -0.2) is 56.9 Å². The summed E-state index contributed by atoms with van der Waals surface area (Å²) in [4.78, 5) is 28.3. The lowest BCUT2D eigenvalue weighted by Gasteiger charge is -2.29. The summed E-state index contributed by atoms with van der Waals surface area (Å²) < 4.78 is 5.34. The summed E-state index contributed by atoms with van der Waals surface area (Å²) in [7, 11) is 3.40. The lowest BCUT2D eigenvalue weighted by molar-refractivity contribution is 0.120. The number of nitrogens with zero attached hydrogens (tertiary/aromatic N) is 2. The summed E-state index contributed by atoms with van der Waals surface area (Å²) in [5.74, 6) is 0. The molecule has 1 aliphatic heterocycles. The maximum absolute atomic E-state index is 12.8. The molecule has 4 amide bonds. The first kappa shape index (κ1) is 20.7. The Morgan fingerprint density at radius 1 is 1.24 bits per heavy atom. The summed E-state index contributed by atoms with van der Waals surface area (Å²) in [6, 6.07) is 16.9. The molecule has 1 saturated heterocycles. The van der Waals surface area contributed by atoms with Crippen molar-refractivity contribution < 1.29 is 14.3 Å². The third-order valence-corrected chi connectivity index (χ3v) is 5.03. The SMILES string of the molecule is COC[C@@H](Cc1ccccc1)N(C)C(=O)Nc1cccc(N2CCCNC2=O)c1. The second-order valence-electron chi connectivity index (χ2n) is 7.13. The Bertz CT molecular complexity index is 828. The van der Waals surface area contributed by atoms with Crippen molar-refractivity contribution >= 4 is 23.4 Å². The minimum atomic E-state index is -0.219. The van der Waals surface area contributed by atoms with Gasteiger partial charge in [-0.05, 0) is 36.6 Å². The average molecular weight is 396 g/mol. The Kier molecular flexibility index (Phi) is 7.08. The van der Waals surface area contributed by atoms with Crippen LogP contribution < -0.4 is 15.5 Å². The molecular formula is C22H28N4O3. The largest absolute Gasteiger partial charge is 0.383 e. The van der Waals surface area contributed by atoms with Gasteiger partial charge in [0.05, 0.1) is 12.6 Å². The van der Waals surface area contributed by atoms with Crippen LogP contribution in [0.4, 0.5) is 21.0 Å². The highest BCUT2D eigenvalue weighted by atomic mass is 16.5. The Labute approximate surface area is 171 Å². The normalized spacial score (nSPS) is 14.8. The molecule has 0 radical (unpaired) electrons. The molecule has 0 aromatic heterocycles. The summed E-state index contributed by atoms with van der Waals surface area (Å²) in [5.41, 5.74) is 2.56. The molecule has 1 atom stereocenters. The minimum Gasteiger partial charge on any atom is -0.383 e. The van der Waals surface area contributed by atoms with Crippen LogP contribution in [0.2, 0.25) is 0 Å². The van der Waals surface area contributed by atoms with Crippen molar-refractivity contribution in [1.82, 2.24) is 10.2 Å². The molecule has 1 heterocycles. The van der Waals surface area contributed by atoms with Crippen LogP contribution in [0, 0.1) is 0 Å². The van der Waals surface area contributed by atoms with E-state index in [0.717, 1.165) is 17.7 Å². The Morgan fingerprint density at radius 3 is 2.76 bits per heavy atom. The van der Waals surface area contributed by atoms with Gasteiger partial charge < -0.3 is 20.3 Å². The molecule has 2 aromatic carbocycles. The molecule has 7 nitrogen and oxygen atoms in total. The van der Waals surface area contributed by atoms with Crippen LogP contribution >= 0.6 is 0 Å². The van der Waals surface area contributed by atoms with Gasteiger partial charge in [-0.3, -0.25) is 4.90 Å². The van der Waals surface area contributed by atoms with Gasteiger partial charge in [0.25, 0.3) is 0 Å². The molecule has 0 aliphatic carbocycles. The van der Waals surface area contributed by atoms with E-state index in [1.807, 2.05) is 54.6 Å². The number of ether oxygens (including phenoxy) is 1. The minimum absolute atomic E-state index is 0.0987. The molecule has 1 fully saturated rings. The van der Waals surface area contributed by atoms with Crippen LogP contribution in [0.5, 0.6) is 0 Å². The standard InChI is InChI=1S/C22H28N4O3/c1-25(20(16-29-2)14-17-8-4-3-5-9-17)22(28)24-18-10-6-11-19(15-18)26-13-7-12-23-21(26)27/h3-6,8-11,15,20H,7,12-14,16H2,1-2H3,(H,23,27)(H,24,28)/t20-/m1/s1. The fourth-order valence-electron chi connectivity index (χ4n) is 3.39. The first-order chi connectivity index (χ1) is 14.1. The first-order valence-electron chi connectivity index (χ1n) is 9.80. The van der Waals surface area contributed by atoms with Gasteiger partial charge in [0, 0.05) is 38.6 Å². The van der Waals surface area contributed by atoms with E-state index < -0.39 is 0 Å². The van der Waals surface area contributed by atoms with Crippen molar-refractivity contribution in [3.63, 3.8) is 0 Å². The molecule has 0 spiro atoms. The molecule has 154 valence electrons. The highest BCUT2D eigenvalue weighted by Gasteiger charge is 2.22. The molecule has 7 heteroatoms. The number of amides is 4. The van der Waals surface area contributed by atoms with Gasteiger partial charge in [0.15, 0.2) is 0 Å². The number of urea groups is 2. The zero-order valence-corrected chi connectivity index (χ0v) is 16.9. The summed E-state index contributed by atoms with van der Waals surface area (Å²) >= 11 is 0. The van der Waals surface area contributed by atoms with Gasteiger partial charge >= 0.3 is 12.1 Å². The predicted octanol–water partition coefficient (Wildman–Crippen LogP) is 3.33. The number of carbonyl (C=O) groups is 2. The van der Waals surface area contributed by atoms with Crippen molar-refractivity contribution in [3.05, 3.63) is 60.2 Å². The van der Waals surface area contributed by atoms with E-state index in [1.54, 1.807) is 24.0 Å². The molecule has 0 unspecified atom stereocenters. The van der Waals surface area contributed by atoms with Crippen molar-refractivity contribution in [2.75, 3.05) is 44.1 Å². The van der Waals surface area contributed by atoms with Crippen molar-refractivity contribution in [2.45, 2.75) is 18.9 Å². The topological polar surface area (TPSA) is 73.9 Å². The number of rotatable bonds is 7. The Balaban J connectivity index is 1.67. The van der Waals surface area contributed by atoms with E-state index in [9.17, 15) is 9.59 Å². The monoisotopic (exact) mass is 396 g/mol. The molecule has 29 heavy (non-hydrogen) atoms. The van der Waals surface area contributed by atoms with Gasteiger partial charge in [0.1, 0.15) is 0 Å². The zero-order chi connectivity index (χ0) is 20.6. The second-order valence-corrected chi connectivity index (χ2v) is 7.13. The molecule has 3 rings (SSSR count). The summed E-state index contributed by atoms with van der Waals surface area (Å²) in [6.45, 7) is 1.79.